The summed E-state index contributed by atoms with van der Waals surface area (Å²) in [5.74, 6) is 1.07. The maximum Gasteiger partial charge on any atom is 0.416 e. The summed E-state index contributed by atoms with van der Waals surface area (Å²) < 4.78 is 7.02. The van der Waals surface area contributed by atoms with Gasteiger partial charge in [0.25, 0.3) is 0 Å². The Labute approximate surface area is 190 Å². The van der Waals surface area contributed by atoms with Crippen LogP contribution in [0.25, 0.3) is 10.9 Å². The summed E-state index contributed by atoms with van der Waals surface area (Å²) in [6.45, 7) is 3.80. The van der Waals surface area contributed by atoms with Crippen molar-refractivity contribution in [3.05, 3.63) is 42.9 Å². The minimum atomic E-state index is -1.07. The molecule has 0 radical (unpaired) electrons. The lowest BCUT2D eigenvalue weighted by atomic mass is 10.0. The number of nitrogens with one attached hydrogen (secondary N) is 1. The Morgan fingerprint density at radius 1 is 1.06 bits per heavy atom. The quantitative estimate of drug-likeness (QED) is 0.621. The Bertz CT molecular complexity index is 1160. The van der Waals surface area contributed by atoms with Crippen LogP contribution in [0.5, 0.6) is 11.6 Å². The lowest BCUT2D eigenvalue weighted by Crippen LogP contribution is -2.47. The summed E-state index contributed by atoms with van der Waals surface area (Å²) in [6.07, 6.45) is 6.26. The highest BCUT2D eigenvalue weighted by Crippen LogP contribution is 2.30. The largest absolute Gasteiger partial charge is 0.464 e. The van der Waals surface area contributed by atoms with E-state index < -0.39 is 6.09 Å². The van der Waals surface area contributed by atoms with Crippen molar-refractivity contribution in [1.29, 1.82) is 0 Å². The van der Waals surface area contributed by atoms with Crippen LogP contribution in [0.2, 0.25) is 0 Å². The molecule has 4 heterocycles. The van der Waals surface area contributed by atoms with Crippen LogP contribution in [-0.4, -0.2) is 73.8 Å². The van der Waals surface area contributed by atoms with Crippen LogP contribution < -0.4 is 10.1 Å². The average molecular weight is 450 g/mol. The normalized spacial score (nSPS) is 17.4. The van der Waals surface area contributed by atoms with Crippen LogP contribution in [0.1, 0.15) is 25.7 Å². The monoisotopic (exact) mass is 450 g/mol. The zero-order valence-corrected chi connectivity index (χ0v) is 18.2. The van der Waals surface area contributed by atoms with Gasteiger partial charge in [-0.05, 0) is 57.0 Å². The molecule has 0 atom stereocenters. The lowest BCUT2D eigenvalue weighted by Gasteiger charge is -2.36. The first-order valence-electron chi connectivity index (χ1n) is 11.2. The molecular formula is C23H26N6O4. The van der Waals surface area contributed by atoms with Crippen molar-refractivity contribution in [3.8, 4) is 11.6 Å². The topological polar surface area (TPSA) is 113 Å². The third-order valence-electron chi connectivity index (χ3n) is 6.40. The third kappa shape index (κ3) is 4.47. The van der Waals surface area contributed by atoms with Crippen LogP contribution >= 0.6 is 0 Å². The molecule has 33 heavy (non-hydrogen) atoms. The zero-order valence-electron chi connectivity index (χ0n) is 18.2. The van der Waals surface area contributed by atoms with E-state index in [4.69, 9.17) is 4.74 Å². The van der Waals surface area contributed by atoms with Crippen LogP contribution in [0.3, 0.4) is 0 Å². The molecule has 0 unspecified atom stereocenters. The standard InChI is InChI=1S/C23H26N6O4/c30-22(28-11-6-16(7-12-28)27-9-1-2-10-27)26-20-14-21(25-15-24-20)33-19-5-3-4-18-17(19)8-13-29(18)23(31)32/h3-5,8,13-16H,1-2,6-7,9-12H2,(H,31,32)(H,24,25,26,30). The van der Waals surface area contributed by atoms with E-state index in [2.05, 4.69) is 20.2 Å². The van der Waals surface area contributed by atoms with Gasteiger partial charge in [-0.3, -0.25) is 9.88 Å². The first kappa shape index (κ1) is 21.2. The fourth-order valence-corrected chi connectivity index (χ4v) is 4.70. The first-order valence-corrected chi connectivity index (χ1v) is 11.2. The second-order valence-electron chi connectivity index (χ2n) is 8.39. The maximum absolute atomic E-state index is 12.7. The number of benzene rings is 1. The van der Waals surface area contributed by atoms with Crippen LogP contribution in [0.15, 0.2) is 42.9 Å². The number of nitrogens with zero attached hydrogens (tertiary/aromatic N) is 5. The van der Waals surface area contributed by atoms with Gasteiger partial charge < -0.3 is 19.6 Å². The highest BCUT2D eigenvalue weighted by molar-refractivity contribution is 5.93. The molecule has 2 aliphatic heterocycles. The number of amides is 2. The molecule has 0 bridgehead atoms. The number of hydrogen-bond acceptors (Lipinski definition) is 6. The van der Waals surface area contributed by atoms with Crippen LogP contribution in [-0.2, 0) is 0 Å². The minimum Gasteiger partial charge on any atom is -0.464 e. The molecule has 3 aromatic rings. The summed E-state index contributed by atoms with van der Waals surface area (Å²) in [6, 6.07) is 8.78. The van der Waals surface area contributed by atoms with E-state index in [0.717, 1.165) is 30.5 Å². The number of fused-ring (bicyclic) bond motifs is 1. The maximum atomic E-state index is 12.7. The lowest BCUT2D eigenvalue weighted by molar-refractivity contribution is 0.140. The van der Waals surface area contributed by atoms with E-state index in [9.17, 15) is 14.7 Å². The number of likely N-dealkylation sites (tertiary alicyclic amines) is 2. The molecule has 5 rings (SSSR count). The van der Waals surface area contributed by atoms with Crippen molar-refractivity contribution in [2.24, 2.45) is 0 Å². The van der Waals surface area contributed by atoms with Gasteiger partial charge in [0.1, 0.15) is 17.9 Å². The molecule has 10 heteroatoms. The molecule has 2 amide bonds. The fourth-order valence-electron chi connectivity index (χ4n) is 4.70. The summed E-state index contributed by atoms with van der Waals surface area (Å²) in [5, 5.41) is 12.8. The van der Waals surface area contributed by atoms with Gasteiger partial charge in [-0.25, -0.2) is 19.6 Å². The van der Waals surface area contributed by atoms with Crippen molar-refractivity contribution in [2.45, 2.75) is 31.7 Å². The van der Waals surface area contributed by atoms with Gasteiger partial charge in [0.05, 0.1) is 5.52 Å². The van der Waals surface area contributed by atoms with Crippen molar-refractivity contribution in [2.75, 3.05) is 31.5 Å². The average Bonchev–Trinajstić information content (AvgIpc) is 3.50. The molecule has 0 spiro atoms. The number of hydrogen-bond donors (Lipinski definition) is 2. The number of ether oxygens (including phenoxy) is 1. The number of piperidine rings is 1. The van der Waals surface area contributed by atoms with Gasteiger partial charge in [-0.2, -0.15) is 0 Å². The molecule has 172 valence electrons. The molecule has 2 aromatic heterocycles. The van der Waals surface area contributed by atoms with Gasteiger partial charge in [0.2, 0.25) is 5.88 Å². The van der Waals surface area contributed by atoms with Crippen LogP contribution in [0, 0.1) is 0 Å². The van der Waals surface area contributed by atoms with Crippen molar-refractivity contribution in [1.82, 2.24) is 24.3 Å². The number of carbonyl (C=O) groups is 2. The molecule has 2 saturated heterocycles. The Morgan fingerprint density at radius 3 is 2.61 bits per heavy atom. The highest BCUT2D eigenvalue weighted by atomic mass is 16.5. The molecule has 0 saturated carbocycles. The van der Waals surface area contributed by atoms with Gasteiger partial charge >= 0.3 is 12.1 Å². The molecule has 2 fully saturated rings. The molecule has 2 N–H and O–H groups in total. The Morgan fingerprint density at radius 2 is 1.85 bits per heavy atom. The number of carboxylic acid groups (broad SMARTS) is 1. The smallest absolute Gasteiger partial charge is 0.416 e. The first-order chi connectivity index (χ1) is 16.1. The SMILES string of the molecule is O=C(Nc1cc(Oc2cccc3c2ccn3C(=O)O)ncn1)N1CCC(N2CCCC2)CC1. The number of rotatable bonds is 4. The zero-order chi connectivity index (χ0) is 22.8. The van der Waals surface area contributed by atoms with Gasteiger partial charge in [-0.1, -0.05) is 6.07 Å². The minimum absolute atomic E-state index is 0.180. The number of urea groups is 1. The second kappa shape index (κ2) is 9.07. The molecular weight excluding hydrogens is 424 g/mol. The van der Waals surface area contributed by atoms with E-state index in [1.165, 1.54) is 38.5 Å². The van der Waals surface area contributed by atoms with Gasteiger partial charge in [0, 0.05) is 36.8 Å². The third-order valence-corrected chi connectivity index (χ3v) is 6.40. The predicted molar refractivity (Wildman–Crippen MR) is 122 cm³/mol. The second-order valence-corrected chi connectivity index (χ2v) is 8.39. The summed E-state index contributed by atoms with van der Waals surface area (Å²) in [5.41, 5.74) is 0.514. The van der Waals surface area contributed by atoms with E-state index in [1.807, 2.05) is 4.90 Å². The Hall–Kier alpha value is -3.66. The molecule has 1 aromatic carbocycles. The highest BCUT2D eigenvalue weighted by Gasteiger charge is 2.28. The fraction of sp³-hybridized carbons (Fsp3) is 0.391. The molecule has 2 aliphatic rings. The summed E-state index contributed by atoms with van der Waals surface area (Å²) >= 11 is 0. The van der Waals surface area contributed by atoms with Crippen molar-refractivity contribution >= 4 is 28.8 Å². The molecule has 10 nitrogen and oxygen atoms in total. The van der Waals surface area contributed by atoms with E-state index >= 15 is 0 Å². The molecule has 0 aliphatic carbocycles. The number of carbonyl (C=O) groups excluding carboxylic acids is 1. The summed E-state index contributed by atoms with van der Waals surface area (Å²) in [4.78, 5) is 36.8. The van der Waals surface area contributed by atoms with Crippen LogP contribution in [0.4, 0.5) is 15.4 Å². The number of aromatic nitrogens is 3. The van der Waals surface area contributed by atoms with E-state index in [0.29, 0.717) is 28.5 Å². The Balaban J connectivity index is 1.23. The summed E-state index contributed by atoms with van der Waals surface area (Å²) in [7, 11) is 0. The van der Waals surface area contributed by atoms with Gasteiger partial charge in [-0.15, -0.1) is 0 Å². The number of anilines is 1. The van der Waals surface area contributed by atoms with Gasteiger partial charge in [0.15, 0.2) is 0 Å². The Kier molecular flexibility index (Phi) is 5.82. The predicted octanol–water partition coefficient (Wildman–Crippen LogP) is 3.84. The van der Waals surface area contributed by atoms with E-state index in [1.54, 1.807) is 30.3 Å². The van der Waals surface area contributed by atoms with Crippen molar-refractivity contribution < 1.29 is 19.4 Å². The van der Waals surface area contributed by atoms with Crippen molar-refractivity contribution in [3.63, 3.8) is 0 Å². The van der Waals surface area contributed by atoms with E-state index in [-0.39, 0.29) is 11.9 Å².